The molecule has 1 aromatic rings. The van der Waals surface area contributed by atoms with E-state index in [2.05, 4.69) is 9.88 Å². The summed E-state index contributed by atoms with van der Waals surface area (Å²) in [5.41, 5.74) is 6.48. The lowest BCUT2D eigenvalue weighted by Gasteiger charge is -2.36. The van der Waals surface area contributed by atoms with Crippen molar-refractivity contribution in [1.29, 1.82) is 0 Å². The lowest BCUT2D eigenvalue weighted by atomic mass is 10.2. The Hall–Kier alpha value is -1.34. The second kappa shape index (κ2) is 5.75. The number of nitrogens with zero attached hydrogens (tertiary/aromatic N) is 3. The van der Waals surface area contributed by atoms with Gasteiger partial charge in [-0.2, -0.15) is 13.2 Å². The molecule has 19 heavy (non-hydrogen) atoms. The molecule has 0 spiro atoms. The quantitative estimate of drug-likeness (QED) is 0.848. The van der Waals surface area contributed by atoms with E-state index in [4.69, 9.17) is 5.73 Å². The summed E-state index contributed by atoms with van der Waals surface area (Å²) in [5, 5.41) is 0. The Morgan fingerprint density at radius 2 is 1.89 bits per heavy atom. The van der Waals surface area contributed by atoms with E-state index < -0.39 is 11.7 Å². The summed E-state index contributed by atoms with van der Waals surface area (Å²) in [5.74, 6) is 0.0144. The van der Waals surface area contributed by atoms with Crippen LogP contribution in [-0.4, -0.2) is 49.2 Å². The minimum Gasteiger partial charge on any atom is -0.676 e. The van der Waals surface area contributed by atoms with Crippen LogP contribution in [0, 0.1) is 0 Å². The summed E-state index contributed by atoms with van der Waals surface area (Å²) in [6, 6.07) is 2.38. The Kier molecular flexibility index (Phi) is 4.26. The number of anilines is 1. The van der Waals surface area contributed by atoms with Crippen LogP contribution in [0.4, 0.5) is 19.0 Å². The van der Waals surface area contributed by atoms with Crippen LogP contribution in [0.5, 0.6) is 0 Å². The van der Waals surface area contributed by atoms with E-state index in [1.54, 1.807) is 4.90 Å². The first-order valence-corrected chi connectivity index (χ1v) is 6.16. The van der Waals surface area contributed by atoms with Gasteiger partial charge in [-0.05, 0) is 18.7 Å². The Balaban J connectivity index is 2.12. The van der Waals surface area contributed by atoms with Crippen molar-refractivity contribution in [2.24, 2.45) is 0 Å². The van der Waals surface area contributed by atoms with Crippen LogP contribution in [-0.2, 0) is 6.18 Å². The number of alkyl halides is 3. The average molecular weight is 273 g/mol. The fourth-order valence-corrected chi connectivity index (χ4v) is 2.21. The van der Waals surface area contributed by atoms with Crippen LogP contribution in [0.25, 0.3) is 5.73 Å². The molecular formula is C12H16F3N4-. The predicted octanol–water partition coefficient (Wildman–Crippen LogP) is 2.27. The third-order valence-corrected chi connectivity index (χ3v) is 3.19. The van der Waals surface area contributed by atoms with Crippen molar-refractivity contribution in [3.8, 4) is 0 Å². The molecule has 1 aliphatic rings. The number of hydrogen-bond acceptors (Lipinski definition) is 3. The van der Waals surface area contributed by atoms with Crippen molar-refractivity contribution in [3.05, 3.63) is 29.6 Å². The number of piperazine rings is 1. The SMILES string of the molecule is [NH-]CCN1CCN(c2ncccc2C(F)(F)F)CC1. The number of pyridine rings is 1. The Morgan fingerprint density at radius 1 is 1.21 bits per heavy atom. The van der Waals surface area contributed by atoms with Crippen molar-refractivity contribution in [1.82, 2.24) is 9.88 Å². The molecule has 0 atom stereocenters. The number of nitrogens with one attached hydrogen (secondary N) is 1. The molecule has 0 amide bonds. The zero-order valence-corrected chi connectivity index (χ0v) is 10.5. The van der Waals surface area contributed by atoms with E-state index in [-0.39, 0.29) is 5.82 Å². The van der Waals surface area contributed by atoms with Gasteiger partial charge in [-0.15, -0.1) is 6.54 Å². The van der Waals surface area contributed by atoms with Crippen molar-refractivity contribution in [2.45, 2.75) is 6.18 Å². The first-order valence-electron chi connectivity index (χ1n) is 6.16. The lowest BCUT2D eigenvalue weighted by Crippen LogP contribution is -2.47. The molecule has 2 rings (SSSR count). The number of hydrogen-bond donors (Lipinski definition) is 0. The molecule has 0 radical (unpaired) electrons. The van der Waals surface area contributed by atoms with Gasteiger partial charge in [0.2, 0.25) is 0 Å². The Labute approximate surface area is 110 Å². The summed E-state index contributed by atoms with van der Waals surface area (Å²) in [6.45, 7) is 3.36. The third-order valence-electron chi connectivity index (χ3n) is 3.19. The standard InChI is InChI=1S/C12H16F3N4/c13-12(14,15)10-2-1-4-17-11(10)19-8-6-18(5-3-16)7-9-19/h1-2,4,16H,3,5-9H2/q-1. The summed E-state index contributed by atoms with van der Waals surface area (Å²) in [7, 11) is 0. The minimum absolute atomic E-state index is 0.0144. The van der Waals surface area contributed by atoms with Gasteiger partial charge in [0.05, 0.1) is 5.56 Å². The fraction of sp³-hybridized carbons (Fsp3) is 0.583. The van der Waals surface area contributed by atoms with Crippen LogP contribution in [0.1, 0.15) is 5.56 Å². The normalized spacial score (nSPS) is 17.8. The zero-order chi connectivity index (χ0) is 13.9. The molecule has 0 saturated carbocycles. The largest absolute Gasteiger partial charge is 0.676 e. The van der Waals surface area contributed by atoms with Gasteiger partial charge in [0, 0.05) is 32.4 Å². The van der Waals surface area contributed by atoms with Crippen molar-refractivity contribution >= 4 is 5.82 Å². The molecule has 0 unspecified atom stereocenters. The number of rotatable bonds is 3. The second-order valence-electron chi connectivity index (χ2n) is 4.45. The monoisotopic (exact) mass is 273 g/mol. The minimum atomic E-state index is -4.37. The smallest absolute Gasteiger partial charge is 0.419 e. The van der Waals surface area contributed by atoms with Crippen molar-refractivity contribution < 1.29 is 13.2 Å². The molecule has 7 heteroatoms. The van der Waals surface area contributed by atoms with Crippen LogP contribution < -0.4 is 4.90 Å². The number of halogens is 3. The highest BCUT2D eigenvalue weighted by atomic mass is 19.4. The van der Waals surface area contributed by atoms with E-state index in [1.165, 1.54) is 12.3 Å². The molecule has 1 saturated heterocycles. The van der Waals surface area contributed by atoms with Gasteiger partial charge in [0.25, 0.3) is 0 Å². The highest BCUT2D eigenvalue weighted by Crippen LogP contribution is 2.35. The maximum absolute atomic E-state index is 12.9. The molecule has 4 nitrogen and oxygen atoms in total. The molecule has 2 heterocycles. The van der Waals surface area contributed by atoms with Gasteiger partial charge < -0.3 is 15.5 Å². The van der Waals surface area contributed by atoms with Crippen LogP contribution in [0.3, 0.4) is 0 Å². The third kappa shape index (κ3) is 3.36. The summed E-state index contributed by atoms with van der Waals surface area (Å²) in [4.78, 5) is 7.64. The molecule has 1 aliphatic heterocycles. The first-order chi connectivity index (χ1) is 9.02. The van der Waals surface area contributed by atoms with E-state index in [9.17, 15) is 13.2 Å². The van der Waals surface area contributed by atoms with E-state index in [0.29, 0.717) is 39.3 Å². The molecule has 0 aliphatic carbocycles. The number of aromatic nitrogens is 1. The van der Waals surface area contributed by atoms with Gasteiger partial charge in [0.15, 0.2) is 0 Å². The van der Waals surface area contributed by atoms with Crippen LogP contribution in [0.2, 0.25) is 0 Å². The zero-order valence-electron chi connectivity index (χ0n) is 10.5. The molecule has 106 valence electrons. The summed E-state index contributed by atoms with van der Waals surface area (Å²) >= 11 is 0. The maximum atomic E-state index is 12.9. The van der Waals surface area contributed by atoms with Crippen LogP contribution >= 0.6 is 0 Å². The average Bonchev–Trinajstić information content (AvgIpc) is 2.39. The highest BCUT2D eigenvalue weighted by molar-refractivity contribution is 5.48. The van der Waals surface area contributed by atoms with E-state index in [0.717, 1.165) is 6.07 Å². The van der Waals surface area contributed by atoms with Gasteiger partial charge >= 0.3 is 6.18 Å². The fourth-order valence-electron chi connectivity index (χ4n) is 2.21. The molecule has 1 N–H and O–H groups in total. The molecule has 0 aromatic carbocycles. The molecule has 1 fully saturated rings. The van der Waals surface area contributed by atoms with Gasteiger partial charge in [-0.3, -0.25) is 0 Å². The highest BCUT2D eigenvalue weighted by Gasteiger charge is 2.36. The topological polar surface area (TPSA) is 43.2 Å². The van der Waals surface area contributed by atoms with E-state index >= 15 is 0 Å². The maximum Gasteiger partial charge on any atom is 0.419 e. The van der Waals surface area contributed by atoms with Gasteiger partial charge in [-0.25, -0.2) is 4.98 Å². The first kappa shape index (κ1) is 14.1. The Morgan fingerprint density at radius 3 is 2.47 bits per heavy atom. The second-order valence-corrected chi connectivity index (χ2v) is 4.45. The van der Waals surface area contributed by atoms with Gasteiger partial charge in [0.1, 0.15) is 5.82 Å². The molecule has 1 aromatic heterocycles. The van der Waals surface area contributed by atoms with Crippen molar-refractivity contribution in [3.63, 3.8) is 0 Å². The van der Waals surface area contributed by atoms with Crippen molar-refractivity contribution in [2.75, 3.05) is 44.2 Å². The Bertz CT molecular complexity index is 414. The summed E-state index contributed by atoms with van der Waals surface area (Å²) < 4.78 is 38.7. The van der Waals surface area contributed by atoms with E-state index in [1.807, 2.05) is 0 Å². The van der Waals surface area contributed by atoms with Gasteiger partial charge in [-0.1, -0.05) is 0 Å². The molecule has 0 bridgehead atoms. The van der Waals surface area contributed by atoms with Crippen LogP contribution in [0.15, 0.2) is 18.3 Å². The summed E-state index contributed by atoms with van der Waals surface area (Å²) in [6.07, 6.45) is -2.98. The molecular weight excluding hydrogens is 257 g/mol. The lowest BCUT2D eigenvalue weighted by molar-refractivity contribution is -0.137. The predicted molar refractivity (Wildman–Crippen MR) is 67.1 cm³/mol.